The Hall–Kier alpha value is -2.44. The zero-order chi connectivity index (χ0) is 17.9. The molecule has 0 saturated carbocycles. The molecule has 6 heteroatoms. The molecule has 134 valence electrons. The molecule has 3 aromatic rings. The fraction of sp³-hybridized carbons (Fsp3) is 0.300. The minimum absolute atomic E-state index is 0.0788. The van der Waals surface area contributed by atoms with Gasteiger partial charge >= 0.3 is 0 Å². The lowest BCUT2D eigenvalue weighted by molar-refractivity contribution is -0.121. The Morgan fingerprint density at radius 2 is 2.08 bits per heavy atom. The van der Waals surface area contributed by atoms with Crippen molar-refractivity contribution >= 4 is 17.2 Å². The summed E-state index contributed by atoms with van der Waals surface area (Å²) in [6.45, 7) is 2.27. The second-order valence-corrected chi connectivity index (χ2v) is 7.55. The number of benzene rings is 1. The van der Waals surface area contributed by atoms with Gasteiger partial charge in [0.15, 0.2) is 0 Å². The number of carbonyl (C=O) groups excluding carboxylic acids is 1. The summed E-state index contributed by atoms with van der Waals surface area (Å²) in [4.78, 5) is 15.7. The van der Waals surface area contributed by atoms with Gasteiger partial charge in [0, 0.05) is 50.9 Å². The third-order valence-corrected chi connectivity index (χ3v) is 5.63. The van der Waals surface area contributed by atoms with E-state index < -0.39 is 0 Å². The van der Waals surface area contributed by atoms with Crippen molar-refractivity contribution in [2.75, 3.05) is 13.1 Å². The highest BCUT2D eigenvalue weighted by molar-refractivity contribution is 7.13. The lowest BCUT2D eigenvalue weighted by Crippen LogP contribution is -2.30. The van der Waals surface area contributed by atoms with E-state index in [2.05, 4.69) is 51.2 Å². The Morgan fingerprint density at radius 1 is 1.23 bits per heavy atom. The fourth-order valence-corrected chi connectivity index (χ4v) is 4.30. The molecule has 5 nitrogen and oxygen atoms in total. The highest BCUT2D eigenvalue weighted by Gasteiger charge is 2.27. The van der Waals surface area contributed by atoms with Crippen LogP contribution in [-0.4, -0.2) is 33.7 Å². The predicted molar refractivity (Wildman–Crippen MR) is 104 cm³/mol. The number of aryl methyl sites for hydroxylation is 1. The first kappa shape index (κ1) is 17.0. The zero-order valence-corrected chi connectivity index (χ0v) is 15.6. The second kappa shape index (κ2) is 7.43. The number of nitrogens with zero attached hydrogens (tertiary/aromatic N) is 3. The van der Waals surface area contributed by atoms with Gasteiger partial charge in [-0.2, -0.15) is 5.10 Å². The van der Waals surface area contributed by atoms with Crippen LogP contribution < -0.4 is 5.32 Å². The number of amides is 1. The number of rotatable bonds is 4. The van der Waals surface area contributed by atoms with Crippen LogP contribution in [0.25, 0.3) is 10.6 Å². The van der Waals surface area contributed by atoms with Gasteiger partial charge in [0.2, 0.25) is 5.91 Å². The van der Waals surface area contributed by atoms with Crippen molar-refractivity contribution in [1.29, 1.82) is 0 Å². The lowest BCUT2D eigenvalue weighted by Gasteiger charge is -2.29. The summed E-state index contributed by atoms with van der Waals surface area (Å²) in [5.74, 6) is 0.117. The first-order valence-corrected chi connectivity index (χ1v) is 9.71. The maximum Gasteiger partial charge on any atom is 0.221 e. The van der Waals surface area contributed by atoms with E-state index in [4.69, 9.17) is 0 Å². The molecule has 1 atom stereocenters. The predicted octanol–water partition coefficient (Wildman–Crippen LogP) is 3.21. The van der Waals surface area contributed by atoms with E-state index >= 15 is 0 Å². The third-order valence-electron chi connectivity index (χ3n) is 4.76. The molecule has 3 heterocycles. The molecule has 0 bridgehead atoms. The Bertz CT molecular complexity index is 873. The molecular weight excluding hydrogens is 344 g/mol. The van der Waals surface area contributed by atoms with E-state index in [1.165, 1.54) is 16.0 Å². The molecule has 26 heavy (non-hydrogen) atoms. The molecule has 1 fully saturated rings. The third kappa shape index (κ3) is 3.57. The van der Waals surface area contributed by atoms with Gasteiger partial charge in [-0.15, -0.1) is 11.3 Å². The van der Waals surface area contributed by atoms with Crippen LogP contribution in [0.3, 0.4) is 0 Å². The maximum atomic E-state index is 12.2. The van der Waals surface area contributed by atoms with E-state index in [0.717, 1.165) is 18.8 Å². The minimum atomic E-state index is 0.0788. The van der Waals surface area contributed by atoms with Gasteiger partial charge in [0.1, 0.15) is 5.69 Å². The second-order valence-electron chi connectivity index (χ2n) is 6.60. The molecule has 1 amide bonds. The Kier molecular flexibility index (Phi) is 4.86. The number of aromatic nitrogens is 2. The summed E-state index contributed by atoms with van der Waals surface area (Å²) >= 11 is 1.71. The van der Waals surface area contributed by atoms with Crippen LogP contribution in [0.15, 0.2) is 54.0 Å². The summed E-state index contributed by atoms with van der Waals surface area (Å²) in [5, 5.41) is 9.76. The summed E-state index contributed by atoms with van der Waals surface area (Å²) < 4.78 is 1.88. The molecule has 1 aliphatic rings. The van der Waals surface area contributed by atoms with Crippen LogP contribution in [-0.2, 0) is 18.4 Å². The first-order valence-electron chi connectivity index (χ1n) is 8.83. The van der Waals surface area contributed by atoms with Gasteiger partial charge in [-0.1, -0.05) is 36.4 Å². The van der Waals surface area contributed by atoms with E-state index in [9.17, 15) is 4.79 Å². The number of hydrogen-bond donors (Lipinski definition) is 1. The van der Waals surface area contributed by atoms with E-state index in [1.54, 1.807) is 11.3 Å². The topological polar surface area (TPSA) is 50.2 Å². The van der Waals surface area contributed by atoms with Crippen LogP contribution >= 0.6 is 11.3 Å². The van der Waals surface area contributed by atoms with Gasteiger partial charge in [0.05, 0.1) is 4.88 Å². The monoisotopic (exact) mass is 366 g/mol. The fourth-order valence-electron chi connectivity index (χ4n) is 3.56. The number of thiophene rings is 1. The van der Waals surface area contributed by atoms with Crippen LogP contribution in [0.5, 0.6) is 0 Å². The van der Waals surface area contributed by atoms with Crippen LogP contribution in [0.1, 0.15) is 23.6 Å². The van der Waals surface area contributed by atoms with Crippen LogP contribution in [0.2, 0.25) is 0 Å². The summed E-state index contributed by atoms with van der Waals surface area (Å²) in [6.07, 6.45) is 2.58. The molecule has 0 spiro atoms. The maximum absolute atomic E-state index is 12.2. The zero-order valence-electron chi connectivity index (χ0n) is 14.8. The van der Waals surface area contributed by atoms with Crippen molar-refractivity contribution in [2.24, 2.45) is 7.05 Å². The molecule has 4 rings (SSSR count). The molecule has 1 saturated heterocycles. The largest absolute Gasteiger partial charge is 0.355 e. The number of nitrogens with one attached hydrogen (secondary N) is 1. The van der Waals surface area contributed by atoms with Crippen LogP contribution in [0.4, 0.5) is 0 Å². The van der Waals surface area contributed by atoms with Crippen molar-refractivity contribution in [3.8, 4) is 10.6 Å². The van der Waals surface area contributed by atoms with Crippen molar-refractivity contribution in [2.45, 2.75) is 19.0 Å². The SMILES string of the molecule is Cn1cc(CN2CCNC(=O)CC2c2ccccc2)c(-c2cccs2)n1. The van der Waals surface area contributed by atoms with Crippen molar-refractivity contribution < 1.29 is 4.79 Å². The molecule has 1 unspecified atom stereocenters. The van der Waals surface area contributed by atoms with Crippen molar-refractivity contribution in [1.82, 2.24) is 20.0 Å². The molecule has 2 aromatic heterocycles. The highest BCUT2D eigenvalue weighted by atomic mass is 32.1. The smallest absolute Gasteiger partial charge is 0.221 e. The lowest BCUT2D eigenvalue weighted by atomic mass is 10.0. The Labute approximate surface area is 157 Å². The van der Waals surface area contributed by atoms with Crippen LogP contribution in [0, 0.1) is 0 Å². The molecule has 1 N–H and O–H groups in total. The summed E-state index contributed by atoms with van der Waals surface area (Å²) in [5.41, 5.74) is 3.43. The number of hydrogen-bond acceptors (Lipinski definition) is 4. The van der Waals surface area contributed by atoms with Crippen molar-refractivity contribution in [3.63, 3.8) is 0 Å². The van der Waals surface area contributed by atoms with E-state index in [-0.39, 0.29) is 11.9 Å². The van der Waals surface area contributed by atoms with Gasteiger partial charge in [-0.3, -0.25) is 14.4 Å². The van der Waals surface area contributed by atoms with E-state index in [1.807, 2.05) is 29.9 Å². The Morgan fingerprint density at radius 3 is 2.85 bits per heavy atom. The molecule has 0 aliphatic carbocycles. The summed E-state index contributed by atoms with van der Waals surface area (Å²) in [7, 11) is 1.96. The quantitative estimate of drug-likeness (QED) is 0.771. The normalized spacial score (nSPS) is 18.5. The molecule has 1 aliphatic heterocycles. The number of carbonyl (C=O) groups is 1. The molecule has 1 aromatic carbocycles. The average molecular weight is 366 g/mol. The molecular formula is C20H22N4OS. The standard InChI is InChI=1S/C20H22N4OS/c1-23-13-16(20(22-23)18-8-5-11-26-18)14-24-10-9-21-19(25)12-17(24)15-6-3-2-4-7-15/h2-8,11,13,17H,9-10,12,14H2,1H3,(H,21,25). The van der Waals surface area contributed by atoms with E-state index in [0.29, 0.717) is 13.0 Å². The average Bonchev–Trinajstić information content (AvgIpc) is 3.25. The van der Waals surface area contributed by atoms with Gasteiger partial charge in [-0.25, -0.2) is 0 Å². The molecule has 0 radical (unpaired) electrons. The van der Waals surface area contributed by atoms with Crippen molar-refractivity contribution in [3.05, 3.63) is 65.2 Å². The first-order chi connectivity index (χ1) is 12.7. The van der Waals surface area contributed by atoms with Gasteiger partial charge in [0.25, 0.3) is 0 Å². The highest BCUT2D eigenvalue weighted by Crippen LogP contribution is 2.31. The Balaban J connectivity index is 1.66. The van der Waals surface area contributed by atoms with Gasteiger partial charge in [-0.05, 0) is 17.0 Å². The minimum Gasteiger partial charge on any atom is -0.355 e. The summed E-state index contributed by atoms with van der Waals surface area (Å²) in [6, 6.07) is 14.6. The van der Waals surface area contributed by atoms with Gasteiger partial charge < -0.3 is 5.32 Å².